The van der Waals surface area contributed by atoms with E-state index in [1.807, 2.05) is 0 Å². The number of benzene rings is 1. The lowest BCUT2D eigenvalue weighted by atomic mass is 10.2. The third-order valence-corrected chi connectivity index (χ3v) is 3.10. The molecule has 8 nitrogen and oxygen atoms in total. The van der Waals surface area contributed by atoms with Crippen LogP contribution in [0.1, 0.15) is 11.3 Å². The van der Waals surface area contributed by atoms with Crippen molar-refractivity contribution in [1.82, 2.24) is 9.97 Å². The molecule has 1 aromatic carbocycles. The molecule has 1 aliphatic heterocycles. The highest BCUT2D eigenvalue weighted by Crippen LogP contribution is 2.39. The summed E-state index contributed by atoms with van der Waals surface area (Å²) in [4.78, 5) is 18.0. The Morgan fingerprint density at radius 2 is 2.17 bits per heavy atom. The highest BCUT2D eigenvalue weighted by molar-refractivity contribution is 5.82. The summed E-state index contributed by atoms with van der Waals surface area (Å²) < 4.78 is 16.4. The predicted molar refractivity (Wildman–Crippen MR) is 84.8 cm³/mol. The Morgan fingerprint density at radius 1 is 1.35 bits per heavy atom. The number of ether oxygens (including phenoxy) is 3. The zero-order chi connectivity index (χ0) is 16.2. The van der Waals surface area contributed by atoms with Crippen molar-refractivity contribution in [2.75, 3.05) is 25.7 Å². The van der Waals surface area contributed by atoms with Crippen molar-refractivity contribution in [3.63, 3.8) is 0 Å². The topological polar surface area (TPSA) is 97.8 Å². The van der Waals surface area contributed by atoms with Gasteiger partial charge in [0, 0.05) is 17.3 Å². The maximum atomic E-state index is 11.4. The van der Waals surface area contributed by atoms with Crippen LogP contribution in [-0.4, -0.2) is 36.5 Å². The van der Waals surface area contributed by atoms with Crippen LogP contribution in [0.15, 0.2) is 28.1 Å². The van der Waals surface area contributed by atoms with Crippen molar-refractivity contribution in [3.05, 3.63) is 39.8 Å². The average molecular weight is 316 g/mol. The van der Waals surface area contributed by atoms with Gasteiger partial charge < -0.3 is 14.2 Å². The summed E-state index contributed by atoms with van der Waals surface area (Å²) in [6.45, 7) is 2.71. The van der Waals surface area contributed by atoms with E-state index in [1.165, 1.54) is 6.07 Å². The number of anilines is 1. The lowest BCUT2D eigenvalue weighted by molar-refractivity contribution is 0.165. The molecule has 2 aromatic rings. The first-order valence-corrected chi connectivity index (χ1v) is 7.00. The highest BCUT2D eigenvalue weighted by Gasteiger charge is 2.17. The molecule has 1 aromatic heterocycles. The van der Waals surface area contributed by atoms with Gasteiger partial charge in [-0.3, -0.25) is 9.78 Å². The third-order valence-electron chi connectivity index (χ3n) is 3.10. The van der Waals surface area contributed by atoms with Crippen molar-refractivity contribution >= 4 is 12.2 Å². The van der Waals surface area contributed by atoms with Gasteiger partial charge in [0.05, 0.1) is 13.3 Å². The second-order valence-corrected chi connectivity index (χ2v) is 4.85. The second kappa shape index (κ2) is 6.39. The van der Waals surface area contributed by atoms with Gasteiger partial charge in [-0.1, -0.05) is 0 Å². The van der Waals surface area contributed by atoms with Gasteiger partial charge in [0.1, 0.15) is 13.2 Å². The minimum Gasteiger partial charge on any atom is -0.493 e. The van der Waals surface area contributed by atoms with Crippen molar-refractivity contribution in [1.29, 1.82) is 0 Å². The van der Waals surface area contributed by atoms with Crippen molar-refractivity contribution < 1.29 is 14.2 Å². The maximum Gasteiger partial charge on any atom is 0.252 e. The Hall–Kier alpha value is -3.03. The van der Waals surface area contributed by atoms with E-state index >= 15 is 0 Å². The van der Waals surface area contributed by atoms with E-state index < -0.39 is 0 Å². The quantitative estimate of drug-likeness (QED) is 0.652. The summed E-state index contributed by atoms with van der Waals surface area (Å²) in [7, 11) is 1.56. The smallest absolute Gasteiger partial charge is 0.252 e. The molecule has 0 unspecified atom stereocenters. The van der Waals surface area contributed by atoms with Crippen LogP contribution in [0, 0.1) is 6.92 Å². The van der Waals surface area contributed by atoms with Crippen LogP contribution in [-0.2, 0) is 0 Å². The fraction of sp³-hybridized carbons (Fsp3) is 0.267. The van der Waals surface area contributed by atoms with Crippen molar-refractivity contribution in [2.45, 2.75) is 6.92 Å². The number of aromatic nitrogens is 2. The van der Waals surface area contributed by atoms with Gasteiger partial charge in [0.25, 0.3) is 5.56 Å². The van der Waals surface area contributed by atoms with E-state index in [2.05, 4.69) is 20.5 Å². The van der Waals surface area contributed by atoms with E-state index in [9.17, 15) is 4.79 Å². The number of nitrogens with zero attached hydrogens (tertiary/aromatic N) is 2. The van der Waals surface area contributed by atoms with Gasteiger partial charge in [0.15, 0.2) is 11.5 Å². The van der Waals surface area contributed by atoms with Crippen LogP contribution >= 0.6 is 0 Å². The van der Waals surface area contributed by atoms with Gasteiger partial charge in [-0.2, -0.15) is 5.10 Å². The Bertz CT molecular complexity index is 783. The van der Waals surface area contributed by atoms with Crippen LogP contribution in [0.25, 0.3) is 0 Å². The SMILES string of the molecule is COc1cc(/C=N\Nc2nc(C)cc(=O)[nH]2)cc2c1OCCO2. The van der Waals surface area contributed by atoms with Crippen LogP contribution in [0.2, 0.25) is 0 Å². The number of methoxy groups -OCH3 is 1. The number of nitrogens with one attached hydrogen (secondary N) is 2. The molecule has 23 heavy (non-hydrogen) atoms. The molecule has 3 rings (SSSR count). The number of hydrazone groups is 1. The average Bonchev–Trinajstić information content (AvgIpc) is 2.53. The summed E-state index contributed by atoms with van der Waals surface area (Å²) in [6.07, 6.45) is 1.57. The Kier molecular flexibility index (Phi) is 4.13. The molecule has 0 radical (unpaired) electrons. The number of H-pyrrole nitrogens is 1. The highest BCUT2D eigenvalue weighted by atomic mass is 16.6. The molecular formula is C15H16N4O4. The summed E-state index contributed by atoms with van der Waals surface area (Å²) in [5.41, 5.74) is 3.80. The molecule has 120 valence electrons. The summed E-state index contributed by atoms with van der Waals surface area (Å²) in [5.74, 6) is 2.05. The number of hydrogen-bond acceptors (Lipinski definition) is 7. The number of aromatic amines is 1. The monoisotopic (exact) mass is 316 g/mol. The van der Waals surface area contributed by atoms with E-state index in [0.717, 1.165) is 5.56 Å². The molecule has 8 heteroatoms. The molecule has 0 amide bonds. The molecule has 0 atom stereocenters. The van der Waals surface area contributed by atoms with Crippen LogP contribution < -0.4 is 25.2 Å². The van der Waals surface area contributed by atoms with Gasteiger partial charge >= 0.3 is 0 Å². The number of aryl methyl sites for hydroxylation is 1. The normalized spacial score (nSPS) is 13.1. The van der Waals surface area contributed by atoms with E-state index in [4.69, 9.17) is 14.2 Å². The first-order valence-electron chi connectivity index (χ1n) is 7.00. The van der Waals surface area contributed by atoms with Gasteiger partial charge in [0.2, 0.25) is 11.7 Å². The van der Waals surface area contributed by atoms with E-state index in [0.29, 0.717) is 36.2 Å². The van der Waals surface area contributed by atoms with Crippen molar-refractivity contribution in [2.24, 2.45) is 5.10 Å². The Labute approximate surface area is 132 Å². The standard InChI is InChI=1S/C15H16N4O4/c1-9-5-13(20)18-15(17-9)19-16-8-10-6-11(21-2)14-12(7-10)22-3-4-23-14/h5-8H,3-4H2,1-2H3,(H2,17,18,19,20)/b16-8-. The maximum absolute atomic E-state index is 11.4. The summed E-state index contributed by atoms with van der Waals surface area (Å²) >= 11 is 0. The predicted octanol–water partition coefficient (Wildman–Crippen LogP) is 1.30. The number of rotatable bonds is 4. The Balaban J connectivity index is 1.80. The van der Waals surface area contributed by atoms with E-state index in [1.54, 1.807) is 32.4 Å². The zero-order valence-electron chi connectivity index (χ0n) is 12.8. The first-order chi connectivity index (χ1) is 11.2. The lowest BCUT2D eigenvalue weighted by Gasteiger charge is -2.20. The molecule has 0 bridgehead atoms. The molecule has 2 N–H and O–H groups in total. The van der Waals surface area contributed by atoms with Crippen LogP contribution in [0.5, 0.6) is 17.2 Å². The molecule has 0 fully saturated rings. The molecule has 0 spiro atoms. The second-order valence-electron chi connectivity index (χ2n) is 4.85. The zero-order valence-corrected chi connectivity index (χ0v) is 12.8. The van der Waals surface area contributed by atoms with Crippen molar-refractivity contribution in [3.8, 4) is 17.2 Å². The van der Waals surface area contributed by atoms with Crippen LogP contribution in [0.3, 0.4) is 0 Å². The molecule has 2 heterocycles. The number of hydrogen-bond donors (Lipinski definition) is 2. The fourth-order valence-corrected chi connectivity index (χ4v) is 2.17. The van der Waals surface area contributed by atoms with Gasteiger partial charge in [-0.05, 0) is 19.1 Å². The molecular weight excluding hydrogens is 300 g/mol. The van der Waals surface area contributed by atoms with E-state index in [-0.39, 0.29) is 11.5 Å². The summed E-state index contributed by atoms with van der Waals surface area (Å²) in [5, 5.41) is 4.06. The fourth-order valence-electron chi connectivity index (χ4n) is 2.17. The first kappa shape index (κ1) is 14.9. The molecule has 0 saturated heterocycles. The summed E-state index contributed by atoms with van der Waals surface area (Å²) in [6, 6.07) is 4.99. The molecule has 0 aliphatic carbocycles. The molecule has 1 aliphatic rings. The van der Waals surface area contributed by atoms with Gasteiger partial charge in [-0.15, -0.1) is 0 Å². The van der Waals surface area contributed by atoms with Crippen LogP contribution in [0.4, 0.5) is 5.95 Å². The molecule has 0 saturated carbocycles. The van der Waals surface area contributed by atoms with Gasteiger partial charge in [-0.25, -0.2) is 10.4 Å². The Morgan fingerprint density at radius 3 is 2.96 bits per heavy atom. The lowest BCUT2D eigenvalue weighted by Crippen LogP contribution is -2.16. The minimum atomic E-state index is -0.240. The minimum absolute atomic E-state index is 0.240. The largest absolute Gasteiger partial charge is 0.493 e. The number of fused-ring (bicyclic) bond motifs is 1. The third kappa shape index (κ3) is 3.42.